The normalized spacial score (nSPS) is 10.3. The molecule has 0 radical (unpaired) electrons. The molecule has 0 saturated carbocycles. The Labute approximate surface area is 136 Å². The Kier molecular flexibility index (Phi) is 5.84. The van der Waals surface area contributed by atoms with Crippen molar-refractivity contribution in [2.75, 3.05) is 11.9 Å². The third-order valence-corrected chi connectivity index (χ3v) is 3.54. The third kappa shape index (κ3) is 5.08. The van der Waals surface area contributed by atoms with Crippen LogP contribution in [0.1, 0.15) is 24.0 Å². The van der Waals surface area contributed by atoms with Crippen molar-refractivity contribution in [3.8, 4) is 5.75 Å². The first kappa shape index (κ1) is 16.4. The molecule has 2 rings (SSSR count). The predicted octanol–water partition coefficient (Wildman–Crippen LogP) is 4.75. The zero-order valence-corrected chi connectivity index (χ0v) is 13.6. The molecule has 0 aliphatic rings. The summed E-state index contributed by atoms with van der Waals surface area (Å²) in [5, 5.41) is 3.56. The number of carbonyl (C=O) groups excluding carboxylic acids is 1. The summed E-state index contributed by atoms with van der Waals surface area (Å²) >= 11 is 5.89. The molecule has 4 heteroatoms. The van der Waals surface area contributed by atoms with Crippen LogP contribution in [0.4, 0.5) is 5.69 Å². The first-order chi connectivity index (χ1) is 10.5. The number of aryl methyl sites for hydroxylation is 2. The van der Waals surface area contributed by atoms with Crippen LogP contribution in [0.5, 0.6) is 5.75 Å². The molecule has 116 valence electrons. The fraction of sp³-hybridized carbons (Fsp3) is 0.278. The molecule has 0 aliphatic carbocycles. The standard InChI is InChI=1S/C18H20ClNO2/c1-13-5-8-16(9-6-13)22-11-3-4-18(21)20-17-10-7-15(19)12-14(17)2/h5-10,12H,3-4,11H2,1-2H3,(H,20,21). The average Bonchev–Trinajstić information content (AvgIpc) is 2.48. The Morgan fingerprint density at radius 3 is 2.55 bits per heavy atom. The molecule has 0 fully saturated rings. The van der Waals surface area contributed by atoms with E-state index >= 15 is 0 Å². The molecule has 0 saturated heterocycles. The van der Waals surface area contributed by atoms with Crippen LogP contribution < -0.4 is 10.1 Å². The number of anilines is 1. The fourth-order valence-electron chi connectivity index (χ4n) is 2.04. The molecule has 0 heterocycles. The van der Waals surface area contributed by atoms with Gasteiger partial charge >= 0.3 is 0 Å². The number of halogens is 1. The van der Waals surface area contributed by atoms with Crippen LogP contribution in [-0.2, 0) is 4.79 Å². The molecule has 1 N–H and O–H groups in total. The maximum absolute atomic E-state index is 11.9. The highest BCUT2D eigenvalue weighted by molar-refractivity contribution is 6.30. The monoisotopic (exact) mass is 317 g/mol. The lowest BCUT2D eigenvalue weighted by Gasteiger charge is -2.09. The smallest absolute Gasteiger partial charge is 0.224 e. The largest absolute Gasteiger partial charge is 0.494 e. The van der Waals surface area contributed by atoms with Crippen molar-refractivity contribution in [1.29, 1.82) is 0 Å². The van der Waals surface area contributed by atoms with Crippen LogP contribution in [-0.4, -0.2) is 12.5 Å². The fourth-order valence-corrected chi connectivity index (χ4v) is 2.26. The highest BCUT2D eigenvalue weighted by Gasteiger charge is 2.05. The van der Waals surface area contributed by atoms with E-state index in [0.29, 0.717) is 24.5 Å². The molecule has 0 bridgehead atoms. The summed E-state index contributed by atoms with van der Waals surface area (Å²) in [4.78, 5) is 11.9. The maximum atomic E-state index is 11.9. The zero-order chi connectivity index (χ0) is 15.9. The second kappa shape index (κ2) is 7.85. The molecule has 0 spiro atoms. The summed E-state index contributed by atoms with van der Waals surface area (Å²) in [6, 6.07) is 13.3. The van der Waals surface area contributed by atoms with E-state index in [4.69, 9.17) is 16.3 Å². The molecule has 3 nitrogen and oxygen atoms in total. The summed E-state index contributed by atoms with van der Waals surface area (Å²) in [5.41, 5.74) is 2.95. The topological polar surface area (TPSA) is 38.3 Å². The van der Waals surface area contributed by atoms with Crippen LogP contribution in [0, 0.1) is 13.8 Å². The van der Waals surface area contributed by atoms with Gasteiger partial charge in [0.2, 0.25) is 5.91 Å². The van der Waals surface area contributed by atoms with E-state index in [2.05, 4.69) is 5.32 Å². The molecule has 0 unspecified atom stereocenters. The summed E-state index contributed by atoms with van der Waals surface area (Å²) in [6.07, 6.45) is 1.10. The summed E-state index contributed by atoms with van der Waals surface area (Å²) in [6.45, 7) is 4.48. The summed E-state index contributed by atoms with van der Waals surface area (Å²) < 4.78 is 5.60. The molecule has 2 aromatic rings. The Hall–Kier alpha value is -2.00. The van der Waals surface area contributed by atoms with Gasteiger partial charge in [-0.25, -0.2) is 0 Å². The van der Waals surface area contributed by atoms with Crippen molar-refractivity contribution in [2.24, 2.45) is 0 Å². The van der Waals surface area contributed by atoms with Crippen LogP contribution in [0.15, 0.2) is 42.5 Å². The number of carbonyl (C=O) groups is 1. The molecular formula is C18H20ClNO2. The summed E-state index contributed by atoms with van der Waals surface area (Å²) in [5.74, 6) is 0.817. The van der Waals surface area contributed by atoms with Gasteiger partial charge in [0.15, 0.2) is 0 Å². The van der Waals surface area contributed by atoms with Crippen molar-refractivity contribution in [3.05, 3.63) is 58.6 Å². The van der Waals surface area contributed by atoms with Crippen LogP contribution >= 0.6 is 11.6 Å². The van der Waals surface area contributed by atoms with Crippen molar-refractivity contribution < 1.29 is 9.53 Å². The van der Waals surface area contributed by atoms with Gasteiger partial charge < -0.3 is 10.1 Å². The van der Waals surface area contributed by atoms with E-state index < -0.39 is 0 Å². The van der Waals surface area contributed by atoms with Crippen molar-refractivity contribution >= 4 is 23.2 Å². The lowest BCUT2D eigenvalue weighted by atomic mass is 10.2. The molecule has 22 heavy (non-hydrogen) atoms. The third-order valence-electron chi connectivity index (χ3n) is 3.30. The zero-order valence-electron chi connectivity index (χ0n) is 12.9. The lowest BCUT2D eigenvalue weighted by Crippen LogP contribution is -2.13. The van der Waals surface area contributed by atoms with Crippen LogP contribution in [0.3, 0.4) is 0 Å². The highest BCUT2D eigenvalue weighted by atomic mass is 35.5. The maximum Gasteiger partial charge on any atom is 0.224 e. The van der Waals surface area contributed by atoms with E-state index in [1.165, 1.54) is 5.56 Å². The van der Waals surface area contributed by atoms with Gasteiger partial charge in [-0.05, 0) is 56.2 Å². The molecule has 1 amide bonds. The van der Waals surface area contributed by atoms with Gasteiger partial charge in [0.25, 0.3) is 0 Å². The number of amides is 1. The molecular weight excluding hydrogens is 298 g/mol. The number of hydrogen-bond donors (Lipinski definition) is 1. The van der Waals surface area contributed by atoms with Gasteiger partial charge in [0.1, 0.15) is 5.75 Å². The minimum absolute atomic E-state index is 0.0158. The molecule has 2 aromatic carbocycles. The minimum atomic E-state index is -0.0158. The van der Waals surface area contributed by atoms with Gasteiger partial charge in [-0.2, -0.15) is 0 Å². The number of rotatable bonds is 6. The first-order valence-corrected chi connectivity index (χ1v) is 7.68. The Bertz CT molecular complexity index is 638. The second-order valence-electron chi connectivity index (χ2n) is 5.27. The molecule has 0 aliphatic heterocycles. The average molecular weight is 318 g/mol. The molecule has 0 aromatic heterocycles. The quantitative estimate of drug-likeness (QED) is 0.780. The second-order valence-corrected chi connectivity index (χ2v) is 5.71. The van der Waals surface area contributed by atoms with Gasteiger partial charge in [-0.15, -0.1) is 0 Å². The van der Waals surface area contributed by atoms with Crippen molar-refractivity contribution in [1.82, 2.24) is 0 Å². The molecule has 0 atom stereocenters. The lowest BCUT2D eigenvalue weighted by molar-refractivity contribution is -0.116. The van der Waals surface area contributed by atoms with E-state index in [1.54, 1.807) is 6.07 Å². The Morgan fingerprint density at radius 2 is 1.86 bits per heavy atom. The predicted molar refractivity (Wildman–Crippen MR) is 90.7 cm³/mol. The van der Waals surface area contributed by atoms with E-state index in [0.717, 1.165) is 17.0 Å². The number of ether oxygens (including phenoxy) is 1. The highest BCUT2D eigenvalue weighted by Crippen LogP contribution is 2.19. The minimum Gasteiger partial charge on any atom is -0.494 e. The number of hydrogen-bond acceptors (Lipinski definition) is 2. The van der Waals surface area contributed by atoms with Gasteiger partial charge in [0.05, 0.1) is 6.61 Å². The van der Waals surface area contributed by atoms with E-state index in [-0.39, 0.29) is 5.91 Å². The van der Waals surface area contributed by atoms with E-state index in [9.17, 15) is 4.79 Å². The van der Waals surface area contributed by atoms with E-state index in [1.807, 2.05) is 50.2 Å². The van der Waals surface area contributed by atoms with Gasteiger partial charge in [-0.3, -0.25) is 4.79 Å². The van der Waals surface area contributed by atoms with Crippen molar-refractivity contribution in [3.63, 3.8) is 0 Å². The van der Waals surface area contributed by atoms with Gasteiger partial charge in [0, 0.05) is 17.1 Å². The number of benzene rings is 2. The Balaban J connectivity index is 1.72. The van der Waals surface area contributed by atoms with Crippen LogP contribution in [0.2, 0.25) is 5.02 Å². The summed E-state index contributed by atoms with van der Waals surface area (Å²) in [7, 11) is 0. The van der Waals surface area contributed by atoms with Gasteiger partial charge in [-0.1, -0.05) is 29.3 Å². The number of nitrogens with one attached hydrogen (secondary N) is 1. The Morgan fingerprint density at radius 1 is 1.14 bits per heavy atom. The van der Waals surface area contributed by atoms with Crippen molar-refractivity contribution in [2.45, 2.75) is 26.7 Å². The SMILES string of the molecule is Cc1ccc(OCCCC(=O)Nc2ccc(Cl)cc2C)cc1. The van der Waals surface area contributed by atoms with Crippen LogP contribution in [0.25, 0.3) is 0 Å². The first-order valence-electron chi connectivity index (χ1n) is 7.30.